The summed E-state index contributed by atoms with van der Waals surface area (Å²) in [5.74, 6) is -0.789. The van der Waals surface area contributed by atoms with Crippen LogP contribution in [0, 0.1) is 19.8 Å². The minimum atomic E-state index is -4.25. The Kier molecular flexibility index (Phi) is 12.4. The highest BCUT2D eigenvalue weighted by Crippen LogP contribution is 2.30. The first-order valence-corrected chi connectivity index (χ1v) is 17.7. The van der Waals surface area contributed by atoms with Gasteiger partial charge in [-0.1, -0.05) is 109 Å². The molecule has 2 amide bonds. The topological polar surface area (TPSA) is 86.8 Å². The molecule has 0 aliphatic carbocycles. The first-order chi connectivity index (χ1) is 22.3. The summed E-state index contributed by atoms with van der Waals surface area (Å²) in [5.41, 5.74) is 3.30. The zero-order valence-corrected chi connectivity index (χ0v) is 29.8. The Morgan fingerprint density at radius 1 is 0.787 bits per heavy atom. The lowest BCUT2D eigenvalue weighted by atomic mass is 10.0. The maximum Gasteiger partial charge on any atom is 0.264 e. The van der Waals surface area contributed by atoms with Crippen molar-refractivity contribution in [3.8, 4) is 0 Å². The van der Waals surface area contributed by atoms with Crippen LogP contribution < -0.4 is 9.62 Å². The number of rotatable bonds is 13. The standard InChI is InChI=1S/C36H38Cl3N3O4S/c1-24(2)21-40-36(44)34(19-27-8-6-5-7-9-27)41(22-28-13-17-31(37)33(39)18-28)35(43)23-42(29-14-12-26(4)32(38)20-29)47(45,46)30-15-10-25(3)11-16-30/h5-18,20,24,34H,19,21-23H2,1-4H3,(H,40,44)/t34-/m1/s1. The number of benzene rings is 4. The molecule has 0 unspecified atom stereocenters. The minimum absolute atomic E-state index is 0.0131. The quantitative estimate of drug-likeness (QED) is 0.153. The number of halogens is 3. The second-order valence-corrected chi connectivity index (χ2v) is 15.0. The maximum absolute atomic E-state index is 14.6. The molecule has 0 aromatic heterocycles. The fraction of sp³-hybridized carbons (Fsp3) is 0.278. The summed E-state index contributed by atoms with van der Waals surface area (Å²) in [6.07, 6.45) is 0.193. The van der Waals surface area contributed by atoms with E-state index in [2.05, 4.69) is 5.32 Å². The summed E-state index contributed by atoms with van der Waals surface area (Å²) in [6, 6.07) is 24.6. The van der Waals surface area contributed by atoms with Crippen molar-refractivity contribution in [1.29, 1.82) is 0 Å². The molecular formula is C36H38Cl3N3O4S. The molecule has 0 saturated carbocycles. The molecule has 248 valence electrons. The molecule has 0 spiro atoms. The molecule has 0 aliphatic heterocycles. The molecule has 4 rings (SSSR count). The van der Waals surface area contributed by atoms with Gasteiger partial charge in [0.05, 0.1) is 20.6 Å². The summed E-state index contributed by atoms with van der Waals surface area (Å²) in [5, 5.41) is 3.96. The second kappa shape index (κ2) is 16.0. The number of carbonyl (C=O) groups is 2. The SMILES string of the molecule is Cc1ccc(S(=O)(=O)N(CC(=O)N(Cc2ccc(Cl)c(Cl)c2)[C@H](Cc2ccccc2)C(=O)NCC(C)C)c2ccc(C)c(Cl)c2)cc1. The van der Waals surface area contributed by atoms with Gasteiger partial charge in [0, 0.05) is 24.5 Å². The predicted octanol–water partition coefficient (Wildman–Crippen LogP) is 7.87. The van der Waals surface area contributed by atoms with Gasteiger partial charge in [-0.2, -0.15) is 0 Å². The Hall–Kier alpha value is -3.56. The highest BCUT2D eigenvalue weighted by atomic mass is 35.5. The van der Waals surface area contributed by atoms with E-state index in [9.17, 15) is 18.0 Å². The molecule has 7 nitrogen and oxygen atoms in total. The van der Waals surface area contributed by atoms with E-state index in [1.54, 1.807) is 49.4 Å². The van der Waals surface area contributed by atoms with Gasteiger partial charge in [0.25, 0.3) is 10.0 Å². The van der Waals surface area contributed by atoms with Gasteiger partial charge < -0.3 is 10.2 Å². The van der Waals surface area contributed by atoms with Crippen LogP contribution in [0.2, 0.25) is 15.1 Å². The Morgan fingerprint density at radius 2 is 1.47 bits per heavy atom. The van der Waals surface area contributed by atoms with Gasteiger partial charge >= 0.3 is 0 Å². The van der Waals surface area contributed by atoms with Crippen LogP contribution in [-0.4, -0.2) is 44.3 Å². The van der Waals surface area contributed by atoms with Crippen molar-refractivity contribution < 1.29 is 18.0 Å². The van der Waals surface area contributed by atoms with Crippen molar-refractivity contribution in [3.63, 3.8) is 0 Å². The molecule has 0 radical (unpaired) electrons. The molecule has 0 heterocycles. The first kappa shape index (κ1) is 36.3. The largest absolute Gasteiger partial charge is 0.354 e. The van der Waals surface area contributed by atoms with Crippen LogP contribution in [0.4, 0.5) is 5.69 Å². The summed E-state index contributed by atoms with van der Waals surface area (Å²) < 4.78 is 29.5. The van der Waals surface area contributed by atoms with Crippen molar-refractivity contribution in [2.24, 2.45) is 5.92 Å². The Balaban J connectivity index is 1.83. The average Bonchev–Trinajstić information content (AvgIpc) is 3.04. The van der Waals surface area contributed by atoms with Gasteiger partial charge in [-0.15, -0.1) is 0 Å². The van der Waals surface area contributed by atoms with Crippen LogP contribution in [0.25, 0.3) is 0 Å². The van der Waals surface area contributed by atoms with Gasteiger partial charge in [0.2, 0.25) is 11.8 Å². The normalized spacial score (nSPS) is 12.1. The lowest BCUT2D eigenvalue weighted by molar-refractivity contribution is -0.140. The number of sulfonamides is 1. The van der Waals surface area contributed by atoms with Crippen molar-refractivity contribution in [1.82, 2.24) is 10.2 Å². The van der Waals surface area contributed by atoms with Gasteiger partial charge in [0.15, 0.2) is 0 Å². The molecule has 0 aliphatic rings. The molecule has 1 N–H and O–H groups in total. The van der Waals surface area contributed by atoms with Crippen molar-refractivity contribution in [2.45, 2.75) is 51.6 Å². The predicted molar refractivity (Wildman–Crippen MR) is 191 cm³/mol. The molecule has 0 fully saturated rings. The summed E-state index contributed by atoms with van der Waals surface area (Å²) in [4.78, 5) is 29.9. The van der Waals surface area contributed by atoms with Crippen LogP contribution in [0.3, 0.4) is 0 Å². The third kappa shape index (κ3) is 9.51. The lowest BCUT2D eigenvalue weighted by Gasteiger charge is -2.34. The number of hydrogen-bond acceptors (Lipinski definition) is 4. The van der Waals surface area contributed by atoms with Crippen LogP contribution in [0.5, 0.6) is 0 Å². The second-order valence-electron chi connectivity index (χ2n) is 11.9. The van der Waals surface area contributed by atoms with E-state index in [0.29, 0.717) is 27.2 Å². The number of carbonyl (C=O) groups excluding carboxylic acids is 2. The zero-order valence-electron chi connectivity index (χ0n) is 26.7. The average molecular weight is 715 g/mol. The molecule has 0 saturated heterocycles. The Bertz CT molecular complexity index is 1820. The van der Waals surface area contributed by atoms with Crippen molar-refractivity contribution >= 4 is 62.3 Å². The third-order valence-electron chi connectivity index (χ3n) is 7.62. The van der Waals surface area contributed by atoms with Gasteiger partial charge in [-0.25, -0.2) is 8.42 Å². The van der Waals surface area contributed by atoms with E-state index in [0.717, 1.165) is 21.0 Å². The first-order valence-electron chi connectivity index (χ1n) is 15.2. The van der Waals surface area contributed by atoms with Crippen LogP contribution in [-0.2, 0) is 32.6 Å². The summed E-state index contributed by atoms with van der Waals surface area (Å²) in [7, 11) is -4.25. The highest BCUT2D eigenvalue weighted by molar-refractivity contribution is 7.92. The molecule has 1 atom stereocenters. The Labute approximate surface area is 292 Å². The number of nitrogens with one attached hydrogen (secondary N) is 1. The number of aryl methyl sites for hydroxylation is 2. The highest BCUT2D eigenvalue weighted by Gasteiger charge is 2.35. The molecule has 11 heteroatoms. The molecule has 4 aromatic rings. The van der Waals surface area contributed by atoms with Gasteiger partial charge in [0.1, 0.15) is 12.6 Å². The lowest BCUT2D eigenvalue weighted by Crippen LogP contribution is -2.53. The fourth-order valence-electron chi connectivity index (χ4n) is 4.91. The monoisotopic (exact) mass is 713 g/mol. The van der Waals surface area contributed by atoms with E-state index in [-0.39, 0.29) is 35.4 Å². The minimum Gasteiger partial charge on any atom is -0.354 e. The number of hydrogen-bond donors (Lipinski definition) is 1. The fourth-order valence-corrected chi connectivity index (χ4v) is 6.82. The molecule has 4 aromatic carbocycles. The van der Waals surface area contributed by atoms with Gasteiger partial charge in [-0.05, 0) is 72.9 Å². The van der Waals surface area contributed by atoms with Gasteiger partial charge in [-0.3, -0.25) is 13.9 Å². The summed E-state index contributed by atoms with van der Waals surface area (Å²) in [6.45, 7) is 7.38. The molecular weight excluding hydrogens is 677 g/mol. The van der Waals surface area contributed by atoms with Crippen LogP contribution >= 0.6 is 34.8 Å². The van der Waals surface area contributed by atoms with E-state index >= 15 is 0 Å². The number of amides is 2. The molecule has 0 bridgehead atoms. The van der Waals surface area contributed by atoms with Crippen LogP contribution in [0.15, 0.2) is 95.9 Å². The number of nitrogens with zero attached hydrogens (tertiary/aromatic N) is 2. The molecule has 47 heavy (non-hydrogen) atoms. The van der Waals surface area contributed by atoms with Crippen molar-refractivity contribution in [2.75, 3.05) is 17.4 Å². The van der Waals surface area contributed by atoms with E-state index in [4.69, 9.17) is 34.8 Å². The smallest absolute Gasteiger partial charge is 0.264 e. The van der Waals surface area contributed by atoms with E-state index < -0.39 is 28.5 Å². The third-order valence-corrected chi connectivity index (χ3v) is 10.6. The van der Waals surface area contributed by atoms with Crippen LogP contribution in [0.1, 0.15) is 36.1 Å². The zero-order chi connectivity index (χ0) is 34.3. The maximum atomic E-state index is 14.6. The number of anilines is 1. The Morgan fingerprint density at radius 3 is 2.09 bits per heavy atom. The van der Waals surface area contributed by atoms with E-state index in [1.807, 2.05) is 51.1 Å². The summed E-state index contributed by atoms with van der Waals surface area (Å²) >= 11 is 19.0. The van der Waals surface area contributed by atoms with Crippen molar-refractivity contribution in [3.05, 3.63) is 128 Å². The van der Waals surface area contributed by atoms with E-state index in [1.165, 1.54) is 23.1 Å².